The fourth-order valence-corrected chi connectivity index (χ4v) is 1.89. The second-order valence-electron chi connectivity index (χ2n) is 2.53. The van der Waals surface area contributed by atoms with Gasteiger partial charge in [0.1, 0.15) is 0 Å². The van der Waals surface area contributed by atoms with Crippen molar-refractivity contribution in [3.05, 3.63) is 34.3 Å². The molecule has 1 unspecified atom stereocenters. The van der Waals surface area contributed by atoms with Crippen LogP contribution in [0.15, 0.2) is 28.7 Å². The van der Waals surface area contributed by atoms with E-state index in [1.54, 1.807) is 11.8 Å². The molecule has 0 saturated carbocycles. The zero-order valence-corrected chi connectivity index (χ0v) is 9.23. The van der Waals surface area contributed by atoms with Crippen molar-refractivity contribution in [1.29, 1.82) is 0 Å². The van der Waals surface area contributed by atoms with Gasteiger partial charge < -0.3 is 5.11 Å². The van der Waals surface area contributed by atoms with E-state index in [1.807, 2.05) is 30.5 Å². The van der Waals surface area contributed by atoms with Crippen molar-refractivity contribution in [2.75, 3.05) is 12.0 Å². The molecular weight excluding hydrogens is 236 g/mol. The van der Waals surface area contributed by atoms with Crippen molar-refractivity contribution in [2.24, 2.45) is 0 Å². The summed E-state index contributed by atoms with van der Waals surface area (Å²) < 4.78 is 1.01. The van der Waals surface area contributed by atoms with E-state index in [1.165, 1.54) is 0 Å². The van der Waals surface area contributed by atoms with Gasteiger partial charge in [-0.05, 0) is 24.0 Å². The maximum absolute atomic E-state index is 9.60. The Bertz CT molecular complexity index is 252. The van der Waals surface area contributed by atoms with Crippen molar-refractivity contribution < 1.29 is 5.11 Å². The van der Waals surface area contributed by atoms with Crippen LogP contribution in [0.5, 0.6) is 0 Å². The van der Waals surface area contributed by atoms with E-state index in [0.717, 1.165) is 15.8 Å². The summed E-state index contributed by atoms with van der Waals surface area (Å²) in [5, 5.41) is 9.60. The third-order valence-corrected chi connectivity index (χ3v) is 2.70. The van der Waals surface area contributed by atoms with Gasteiger partial charge in [0.25, 0.3) is 0 Å². The highest BCUT2D eigenvalue weighted by molar-refractivity contribution is 9.10. The van der Waals surface area contributed by atoms with Crippen molar-refractivity contribution in [2.45, 2.75) is 6.10 Å². The summed E-state index contributed by atoms with van der Waals surface area (Å²) >= 11 is 5.01. The lowest BCUT2D eigenvalue weighted by Gasteiger charge is -2.08. The number of halogens is 1. The summed E-state index contributed by atoms with van der Waals surface area (Å²) in [5.41, 5.74) is 0.971. The van der Waals surface area contributed by atoms with E-state index in [2.05, 4.69) is 15.9 Å². The van der Waals surface area contributed by atoms with Crippen LogP contribution in [0.4, 0.5) is 0 Å². The van der Waals surface area contributed by atoms with Gasteiger partial charge in [0.05, 0.1) is 6.10 Å². The summed E-state index contributed by atoms with van der Waals surface area (Å²) in [6, 6.07) is 7.77. The smallest absolute Gasteiger partial charge is 0.0880 e. The first kappa shape index (κ1) is 10.1. The molecule has 66 valence electrons. The average Bonchev–Trinajstić information content (AvgIpc) is 2.05. The summed E-state index contributed by atoms with van der Waals surface area (Å²) in [5.74, 6) is 0.746. The first-order chi connectivity index (χ1) is 5.74. The molecule has 1 nitrogen and oxygen atoms in total. The fraction of sp³-hybridized carbons (Fsp3) is 0.333. The average molecular weight is 247 g/mol. The summed E-state index contributed by atoms with van der Waals surface area (Å²) in [6.45, 7) is 0. The maximum Gasteiger partial charge on any atom is 0.0880 e. The molecular formula is C9H11BrOS. The molecule has 1 N–H and O–H groups in total. The Morgan fingerprint density at radius 2 is 2.33 bits per heavy atom. The van der Waals surface area contributed by atoms with Gasteiger partial charge >= 0.3 is 0 Å². The minimum atomic E-state index is -0.350. The third-order valence-electron chi connectivity index (χ3n) is 1.56. The largest absolute Gasteiger partial charge is 0.388 e. The Labute approximate surface area is 85.3 Å². The number of thioether (sulfide) groups is 1. The number of aliphatic hydroxyl groups excluding tert-OH is 1. The SMILES string of the molecule is CSCC(O)c1cccc(Br)c1. The Kier molecular flexibility index (Phi) is 4.12. The van der Waals surface area contributed by atoms with E-state index in [0.29, 0.717) is 0 Å². The molecule has 0 aliphatic rings. The Morgan fingerprint density at radius 3 is 2.92 bits per heavy atom. The van der Waals surface area contributed by atoms with Crippen LogP contribution in [0.2, 0.25) is 0 Å². The molecule has 0 aliphatic heterocycles. The summed E-state index contributed by atoms with van der Waals surface area (Å²) in [7, 11) is 0. The van der Waals surface area contributed by atoms with Gasteiger partial charge in [-0.25, -0.2) is 0 Å². The minimum absolute atomic E-state index is 0.350. The topological polar surface area (TPSA) is 20.2 Å². The van der Waals surface area contributed by atoms with Gasteiger partial charge in [-0.3, -0.25) is 0 Å². The second-order valence-corrected chi connectivity index (χ2v) is 4.35. The summed E-state index contributed by atoms with van der Waals surface area (Å²) in [6.07, 6.45) is 1.64. The maximum atomic E-state index is 9.60. The van der Waals surface area contributed by atoms with Gasteiger partial charge in [-0.1, -0.05) is 28.1 Å². The molecule has 0 bridgehead atoms. The second kappa shape index (κ2) is 4.90. The molecule has 0 heterocycles. The molecule has 0 fully saturated rings. The van der Waals surface area contributed by atoms with Crippen LogP contribution in [0.3, 0.4) is 0 Å². The molecule has 1 aromatic carbocycles. The highest BCUT2D eigenvalue weighted by atomic mass is 79.9. The highest BCUT2D eigenvalue weighted by Gasteiger charge is 2.05. The molecule has 3 heteroatoms. The van der Waals surface area contributed by atoms with Crippen molar-refractivity contribution >= 4 is 27.7 Å². The molecule has 0 saturated heterocycles. The van der Waals surface area contributed by atoms with Crippen LogP contribution in [0, 0.1) is 0 Å². The first-order valence-corrected chi connectivity index (χ1v) is 5.85. The molecule has 0 radical (unpaired) electrons. The van der Waals surface area contributed by atoms with Crippen LogP contribution < -0.4 is 0 Å². The lowest BCUT2D eigenvalue weighted by Crippen LogP contribution is -1.99. The van der Waals surface area contributed by atoms with E-state index >= 15 is 0 Å². The molecule has 0 aliphatic carbocycles. The lowest BCUT2D eigenvalue weighted by molar-refractivity contribution is 0.204. The van der Waals surface area contributed by atoms with Crippen LogP contribution in [-0.2, 0) is 0 Å². The molecule has 0 spiro atoms. The number of hydrogen-bond donors (Lipinski definition) is 1. The minimum Gasteiger partial charge on any atom is -0.388 e. The van der Waals surface area contributed by atoms with Crippen LogP contribution in [-0.4, -0.2) is 17.1 Å². The fourth-order valence-electron chi connectivity index (χ4n) is 0.968. The Morgan fingerprint density at radius 1 is 1.58 bits per heavy atom. The first-order valence-electron chi connectivity index (χ1n) is 3.66. The van der Waals surface area contributed by atoms with Crippen LogP contribution >= 0.6 is 27.7 Å². The normalized spacial score (nSPS) is 12.9. The van der Waals surface area contributed by atoms with Crippen molar-refractivity contribution in [3.8, 4) is 0 Å². The molecule has 1 rings (SSSR count). The zero-order chi connectivity index (χ0) is 8.97. The monoisotopic (exact) mass is 246 g/mol. The Balaban J connectivity index is 2.73. The standard InChI is InChI=1S/C9H11BrOS/c1-12-6-9(11)7-3-2-4-8(10)5-7/h2-5,9,11H,6H2,1H3. The molecule has 0 aromatic heterocycles. The van der Waals surface area contributed by atoms with Crippen LogP contribution in [0.25, 0.3) is 0 Å². The molecule has 12 heavy (non-hydrogen) atoms. The third kappa shape index (κ3) is 2.81. The number of hydrogen-bond acceptors (Lipinski definition) is 2. The van der Waals surface area contributed by atoms with Crippen molar-refractivity contribution in [3.63, 3.8) is 0 Å². The van der Waals surface area contributed by atoms with Gasteiger partial charge in [0.2, 0.25) is 0 Å². The number of aliphatic hydroxyl groups is 1. The number of rotatable bonds is 3. The lowest BCUT2D eigenvalue weighted by atomic mass is 10.1. The molecule has 0 amide bonds. The van der Waals surface area contributed by atoms with E-state index < -0.39 is 0 Å². The van der Waals surface area contributed by atoms with E-state index in [9.17, 15) is 5.11 Å². The highest BCUT2D eigenvalue weighted by Crippen LogP contribution is 2.20. The van der Waals surface area contributed by atoms with E-state index in [-0.39, 0.29) is 6.10 Å². The van der Waals surface area contributed by atoms with Gasteiger partial charge in [0, 0.05) is 10.2 Å². The molecule has 1 atom stereocenters. The van der Waals surface area contributed by atoms with Gasteiger partial charge in [0.15, 0.2) is 0 Å². The Hall–Kier alpha value is 0.01000. The van der Waals surface area contributed by atoms with E-state index in [4.69, 9.17) is 0 Å². The van der Waals surface area contributed by atoms with Crippen molar-refractivity contribution in [1.82, 2.24) is 0 Å². The number of benzene rings is 1. The predicted molar refractivity (Wildman–Crippen MR) is 57.5 cm³/mol. The quantitative estimate of drug-likeness (QED) is 0.886. The predicted octanol–water partition coefficient (Wildman–Crippen LogP) is 2.85. The summed E-state index contributed by atoms with van der Waals surface area (Å²) in [4.78, 5) is 0. The van der Waals surface area contributed by atoms with Crippen LogP contribution in [0.1, 0.15) is 11.7 Å². The van der Waals surface area contributed by atoms with Gasteiger partial charge in [-0.15, -0.1) is 0 Å². The molecule has 1 aromatic rings. The van der Waals surface area contributed by atoms with Gasteiger partial charge in [-0.2, -0.15) is 11.8 Å². The zero-order valence-electron chi connectivity index (χ0n) is 6.83.